The molecule has 0 saturated heterocycles. The molecule has 22 heavy (non-hydrogen) atoms. The van der Waals surface area contributed by atoms with Crippen molar-refractivity contribution in [3.05, 3.63) is 29.3 Å². The van der Waals surface area contributed by atoms with Crippen molar-refractivity contribution >= 4 is 9.84 Å². The summed E-state index contributed by atoms with van der Waals surface area (Å²) in [4.78, 5) is 0. The quantitative estimate of drug-likeness (QED) is 0.904. The molecule has 1 aliphatic rings. The molecular formula is C17H26O4S. The maximum Gasteiger partial charge on any atom is 0.157 e. The average Bonchev–Trinajstić information content (AvgIpc) is 2.41. The minimum absolute atomic E-state index is 0.0876. The molecule has 0 amide bonds. The summed E-state index contributed by atoms with van der Waals surface area (Å²) in [6, 6.07) is 5.52. The molecular weight excluding hydrogens is 300 g/mol. The molecule has 0 radical (unpaired) electrons. The molecule has 124 valence electrons. The predicted octanol–water partition coefficient (Wildman–Crippen LogP) is 2.86. The molecule has 5 heteroatoms. The van der Waals surface area contributed by atoms with E-state index in [-0.39, 0.29) is 11.5 Å². The number of rotatable bonds is 5. The molecule has 0 heterocycles. The van der Waals surface area contributed by atoms with Crippen LogP contribution < -0.4 is 4.74 Å². The van der Waals surface area contributed by atoms with Crippen LogP contribution in [-0.4, -0.2) is 32.0 Å². The van der Waals surface area contributed by atoms with E-state index in [2.05, 4.69) is 6.92 Å². The van der Waals surface area contributed by atoms with Crippen LogP contribution in [0.4, 0.5) is 0 Å². The summed E-state index contributed by atoms with van der Waals surface area (Å²) in [7, 11) is -1.85. The van der Waals surface area contributed by atoms with E-state index >= 15 is 0 Å². The Bertz CT molecular complexity index is 614. The molecule has 0 aromatic heterocycles. The third-order valence-electron chi connectivity index (χ3n) is 4.50. The van der Waals surface area contributed by atoms with Gasteiger partial charge in [0.25, 0.3) is 0 Å². The van der Waals surface area contributed by atoms with Crippen LogP contribution in [0.15, 0.2) is 18.2 Å². The first-order valence-electron chi connectivity index (χ1n) is 7.79. The van der Waals surface area contributed by atoms with Crippen molar-refractivity contribution < 1.29 is 18.3 Å². The van der Waals surface area contributed by atoms with E-state index in [9.17, 15) is 13.5 Å². The van der Waals surface area contributed by atoms with Crippen molar-refractivity contribution in [1.82, 2.24) is 0 Å². The third-order valence-corrected chi connectivity index (χ3v) is 6.23. The van der Waals surface area contributed by atoms with Gasteiger partial charge >= 0.3 is 0 Å². The Hall–Kier alpha value is -1.07. The van der Waals surface area contributed by atoms with E-state index in [0.29, 0.717) is 30.1 Å². The fourth-order valence-electron chi connectivity index (χ4n) is 3.16. The molecule has 1 saturated carbocycles. The molecule has 0 spiro atoms. The molecule has 0 unspecified atom stereocenters. The molecule has 1 aromatic rings. The molecule has 0 bridgehead atoms. The van der Waals surface area contributed by atoms with Crippen LogP contribution in [-0.2, 0) is 15.6 Å². The highest BCUT2D eigenvalue weighted by Crippen LogP contribution is 2.34. The van der Waals surface area contributed by atoms with Gasteiger partial charge in [0.1, 0.15) is 5.75 Å². The minimum Gasteiger partial charge on any atom is -0.496 e. The number of methoxy groups -OCH3 is 1. The van der Waals surface area contributed by atoms with Crippen LogP contribution in [0.25, 0.3) is 0 Å². The first kappa shape index (κ1) is 17.3. The summed E-state index contributed by atoms with van der Waals surface area (Å²) in [5, 5.41) is 10.6. The van der Waals surface area contributed by atoms with Gasteiger partial charge in [0.05, 0.1) is 24.2 Å². The van der Waals surface area contributed by atoms with Gasteiger partial charge in [0.2, 0.25) is 0 Å². The summed E-state index contributed by atoms with van der Waals surface area (Å²) in [5.41, 5.74) is 0.592. The summed E-state index contributed by atoms with van der Waals surface area (Å²) in [6.07, 6.45) is 2.91. The van der Waals surface area contributed by atoms with Crippen LogP contribution in [0.2, 0.25) is 0 Å². The lowest BCUT2D eigenvalue weighted by atomic mass is 9.81. The van der Waals surface area contributed by atoms with Crippen molar-refractivity contribution in [2.24, 2.45) is 5.92 Å². The van der Waals surface area contributed by atoms with Crippen LogP contribution in [0, 0.1) is 12.8 Å². The number of benzene rings is 1. The summed E-state index contributed by atoms with van der Waals surface area (Å²) in [6.45, 7) is 4.07. The topological polar surface area (TPSA) is 63.6 Å². The van der Waals surface area contributed by atoms with Gasteiger partial charge < -0.3 is 9.84 Å². The maximum atomic E-state index is 12.5. The molecule has 1 fully saturated rings. The van der Waals surface area contributed by atoms with Crippen molar-refractivity contribution in [1.29, 1.82) is 0 Å². The lowest BCUT2D eigenvalue weighted by Crippen LogP contribution is -2.40. The van der Waals surface area contributed by atoms with Crippen LogP contribution >= 0.6 is 0 Å². The number of aliphatic hydroxyl groups is 1. The van der Waals surface area contributed by atoms with E-state index in [1.165, 1.54) is 7.11 Å². The first-order chi connectivity index (χ1) is 10.2. The maximum absolute atomic E-state index is 12.5. The van der Waals surface area contributed by atoms with Crippen molar-refractivity contribution in [3.63, 3.8) is 0 Å². The zero-order valence-electron chi connectivity index (χ0n) is 13.6. The van der Waals surface area contributed by atoms with E-state index in [1.54, 1.807) is 6.07 Å². The van der Waals surface area contributed by atoms with Gasteiger partial charge in [-0.15, -0.1) is 0 Å². The number of hydrogen-bond donors (Lipinski definition) is 1. The van der Waals surface area contributed by atoms with E-state index in [0.717, 1.165) is 18.4 Å². The number of hydrogen-bond acceptors (Lipinski definition) is 4. The number of sulfone groups is 1. The van der Waals surface area contributed by atoms with Gasteiger partial charge in [-0.2, -0.15) is 0 Å². The Morgan fingerprint density at radius 3 is 2.55 bits per heavy atom. The van der Waals surface area contributed by atoms with E-state index in [1.807, 2.05) is 19.1 Å². The number of aryl methyl sites for hydroxylation is 1. The second-order valence-corrected chi connectivity index (χ2v) is 8.82. The zero-order chi connectivity index (χ0) is 16.4. The highest BCUT2D eigenvalue weighted by atomic mass is 32.2. The van der Waals surface area contributed by atoms with Gasteiger partial charge in [-0.25, -0.2) is 8.42 Å². The molecule has 1 aromatic carbocycles. The van der Waals surface area contributed by atoms with Gasteiger partial charge in [0, 0.05) is 5.56 Å². The fraction of sp³-hybridized carbons (Fsp3) is 0.647. The third kappa shape index (κ3) is 4.46. The SMILES string of the molecule is COc1ccc(C)cc1CS(=O)(=O)CC1(O)CCC(C)CC1. The summed E-state index contributed by atoms with van der Waals surface area (Å²) in [5.74, 6) is 0.901. The van der Waals surface area contributed by atoms with Gasteiger partial charge in [-0.1, -0.05) is 24.6 Å². The van der Waals surface area contributed by atoms with Gasteiger partial charge in [0.15, 0.2) is 9.84 Å². The Morgan fingerprint density at radius 1 is 1.32 bits per heavy atom. The minimum atomic E-state index is -3.39. The van der Waals surface area contributed by atoms with Crippen LogP contribution in [0.3, 0.4) is 0 Å². The zero-order valence-corrected chi connectivity index (χ0v) is 14.4. The molecule has 1 aliphatic carbocycles. The molecule has 4 nitrogen and oxygen atoms in total. The van der Waals surface area contributed by atoms with Crippen molar-refractivity contribution in [2.75, 3.05) is 12.9 Å². The molecule has 2 rings (SSSR count). The smallest absolute Gasteiger partial charge is 0.157 e. The van der Waals surface area contributed by atoms with Crippen LogP contribution in [0.5, 0.6) is 5.75 Å². The standard InChI is InChI=1S/C17H26O4S/c1-13-6-8-17(18,9-7-13)12-22(19,20)11-15-10-14(2)4-5-16(15)21-3/h4-5,10,13,18H,6-9,11-12H2,1-3H3. The normalized spacial score (nSPS) is 25.9. The predicted molar refractivity (Wildman–Crippen MR) is 87.8 cm³/mol. The molecule has 1 N–H and O–H groups in total. The Morgan fingerprint density at radius 2 is 1.95 bits per heavy atom. The second-order valence-electron chi connectivity index (χ2n) is 6.75. The van der Waals surface area contributed by atoms with Crippen LogP contribution in [0.1, 0.15) is 43.7 Å². The average molecular weight is 326 g/mol. The second kappa shape index (κ2) is 6.59. The van der Waals surface area contributed by atoms with Gasteiger partial charge in [-0.3, -0.25) is 0 Å². The Kier molecular flexibility index (Phi) is 5.17. The molecule has 0 atom stereocenters. The van der Waals surface area contributed by atoms with Crippen molar-refractivity contribution in [2.45, 2.75) is 50.9 Å². The Balaban J connectivity index is 2.13. The van der Waals surface area contributed by atoms with Crippen molar-refractivity contribution in [3.8, 4) is 5.75 Å². The van der Waals surface area contributed by atoms with E-state index in [4.69, 9.17) is 4.74 Å². The first-order valence-corrected chi connectivity index (χ1v) is 9.61. The molecule has 0 aliphatic heterocycles. The summed E-state index contributed by atoms with van der Waals surface area (Å²) < 4.78 is 30.3. The van der Waals surface area contributed by atoms with E-state index < -0.39 is 15.4 Å². The lowest BCUT2D eigenvalue weighted by Gasteiger charge is -2.34. The highest BCUT2D eigenvalue weighted by Gasteiger charge is 2.36. The lowest BCUT2D eigenvalue weighted by molar-refractivity contribution is 0.0135. The summed E-state index contributed by atoms with van der Waals surface area (Å²) >= 11 is 0. The number of ether oxygens (including phenoxy) is 1. The van der Waals surface area contributed by atoms with Gasteiger partial charge in [-0.05, 0) is 44.6 Å². The largest absolute Gasteiger partial charge is 0.496 e. The fourth-order valence-corrected chi connectivity index (χ4v) is 5.07. The Labute approximate surface area is 133 Å². The highest BCUT2D eigenvalue weighted by molar-refractivity contribution is 7.90. The monoisotopic (exact) mass is 326 g/mol.